The van der Waals surface area contributed by atoms with E-state index in [0.29, 0.717) is 12.5 Å². The predicted molar refractivity (Wildman–Crippen MR) is 78.7 cm³/mol. The molecule has 0 aliphatic carbocycles. The third kappa shape index (κ3) is 4.73. The maximum atomic E-state index is 11.8. The van der Waals surface area contributed by atoms with Crippen LogP contribution in [-0.4, -0.2) is 31.1 Å². The zero-order valence-electron chi connectivity index (χ0n) is 12.7. The Hall–Kier alpha value is -1.76. The van der Waals surface area contributed by atoms with E-state index in [4.69, 9.17) is 10.00 Å². The second-order valence-corrected chi connectivity index (χ2v) is 5.16. The number of nitriles is 1. The van der Waals surface area contributed by atoms with E-state index in [1.165, 1.54) is 0 Å². The molecule has 4 nitrogen and oxygen atoms in total. The van der Waals surface area contributed by atoms with Gasteiger partial charge in [-0.2, -0.15) is 5.26 Å². The molecule has 1 aliphatic rings. The largest absolute Gasteiger partial charge is 0.461 e. The van der Waals surface area contributed by atoms with Crippen LogP contribution in [0, 0.1) is 17.2 Å². The Morgan fingerprint density at radius 2 is 2.20 bits per heavy atom. The van der Waals surface area contributed by atoms with E-state index < -0.39 is 5.97 Å². The lowest BCUT2D eigenvalue weighted by Gasteiger charge is -2.12. The molecule has 0 aromatic carbocycles. The molecule has 0 aromatic rings. The van der Waals surface area contributed by atoms with Crippen molar-refractivity contribution in [2.75, 3.05) is 20.2 Å². The number of allylic oxidation sites excluding steroid dienone is 3. The normalized spacial score (nSPS) is 17.6. The van der Waals surface area contributed by atoms with Gasteiger partial charge in [-0.05, 0) is 30.9 Å². The van der Waals surface area contributed by atoms with Crippen LogP contribution in [0.1, 0.15) is 39.5 Å². The van der Waals surface area contributed by atoms with Crippen molar-refractivity contribution in [3.63, 3.8) is 0 Å². The SMILES string of the molecule is CCC(CC)COC(=O)/C(C#N)=C\C=C1/CCCN1C. The first-order valence-corrected chi connectivity index (χ1v) is 7.31. The van der Waals surface area contributed by atoms with Gasteiger partial charge in [0.25, 0.3) is 0 Å². The lowest BCUT2D eigenvalue weighted by Crippen LogP contribution is -2.14. The average Bonchev–Trinajstić information content (AvgIpc) is 2.86. The molecule has 0 radical (unpaired) electrons. The van der Waals surface area contributed by atoms with Crippen LogP contribution in [0.15, 0.2) is 23.4 Å². The van der Waals surface area contributed by atoms with E-state index >= 15 is 0 Å². The van der Waals surface area contributed by atoms with Gasteiger partial charge in [0.2, 0.25) is 0 Å². The van der Waals surface area contributed by atoms with Gasteiger partial charge in [0, 0.05) is 19.3 Å². The summed E-state index contributed by atoms with van der Waals surface area (Å²) in [7, 11) is 2.02. The molecule has 0 spiro atoms. The second-order valence-electron chi connectivity index (χ2n) is 5.16. The number of hydrogen-bond acceptors (Lipinski definition) is 4. The molecule has 110 valence electrons. The lowest BCUT2D eigenvalue weighted by atomic mass is 10.1. The standard InChI is InChI=1S/C16H24N2O2/c1-4-13(5-2)12-20-16(19)14(11-17)8-9-15-7-6-10-18(15)3/h8-9,13H,4-7,10,12H2,1-3H3/b14-8-,15-9+. The van der Waals surface area contributed by atoms with Crippen LogP contribution in [0.5, 0.6) is 0 Å². The van der Waals surface area contributed by atoms with Crippen molar-refractivity contribution in [3.8, 4) is 6.07 Å². The fourth-order valence-electron chi connectivity index (χ4n) is 2.17. The Bertz CT molecular complexity index is 428. The van der Waals surface area contributed by atoms with Gasteiger partial charge in [-0.25, -0.2) is 4.79 Å². The summed E-state index contributed by atoms with van der Waals surface area (Å²) in [5.41, 5.74) is 1.23. The second kappa shape index (κ2) is 8.42. The van der Waals surface area contributed by atoms with Crippen molar-refractivity contribution in [2.24, 2.45) is 5.92 Å². The van der Waals surface area contributed by atoms with E-state index in [0.717, 1.165) is 37.9 Å². The number of esters is 1. The Morgan fingerprint density at radius 1 is 1.50 bits per heavy atom. The van der Waals surface area contributed by atoms with Gasteiger partial charge < -0.3 is 9.64 Å². The molecule has 1 heterocycles. The Morgan fingerprint density at radius 3 is 2.70 bits per heavy atom. The highest BCUT2D eigenvalue weighted by Crippen LogP contribution is 2.18. The van der Waals surface area contributed by atoms with Crippen LogP contribution in [-0.2, 0) is 9.53 Å². The van der Waals surface area contributed by atoms with Gasteiger partial charge in [-0.15, -0.1) is 0 Å². The van der Waals surface area contributed by atoms with Crippen LogP contribution in [0.4, 0.5) is 0 Å². The average molecular weight is 276 g/mol. The topological polar surface area (TPSA) is 53.3 Å². The van der Waals surface area contributed by atoms with Crippen molar-refractivity contribution in [1.29, 1.82) is 5.26 Å². The Labute approximate surface area is 121 Å². The van der Waals surface area contributed by atoms with E-state index in [2.05, 4.69) is 18.7 Å². The maximum Gasteiger partial charge on any atom is 0.348 e. The number of rotatable bonds is 6. The highest BCUT2D eigenvalue weighted by Gasteiger charge is 2.14. The fraction of sp³-hybridized carbons (Fsp3) is 0.625. The molecule has 0 bridgehead atoms. The summed E-state index contributed by atoms with van der Waals surface area (Å²) >= 11 is 0. The van der Waals surface area contributed by atoms with E-state index in [1.807, 2.05) is 19.2 Å². The third-order valence-electron chi connectivity index (χ3n) is 3.80. The molecule has 0 amide bonds. The van der Waals surface area contributed by atoms with Crippen molar-refractivity contribution in [3.05, 3.63) is 23.4 Å². The smallest absolute Gasteiger partial charge is 0.348 e. The Kier molecular flexibility index (Phi) is 6.86. The molecule has 1 fully saturated rings. The molecule has 0 N–H and O–H groups in total. The summed E-state index contributed by atoms with van der Waals surface area (Å²) in [6.07, 6.45) is 7.50. The minimum absolute atomic E-state index is 0.0729. The lowest BCUT2D eigenvalue weighted by molar-refractivity contribution is -0.139. The molecule has 0 atom stereocenters. The van der Waals surface area contributed by atoms with Crippen molar-refractivity contribution in [2.45, 2.75) is 39.5 Å². The number of ether oxygens (including phenoxy) is 1. The van der Waals surface area contributed by atoms with Crippen LogP contribution in [0.25, 0.3) is 0 Å². The van der Waals surface area contributed by atoms with E-state index in [9.17, 15) is 4.79 Å². The molecular weight excluding hydrogens is 252 g/mol. The van der Waals surface area contributed by atoms with Gasteiger partial charge in [0.05, 0.1) is 6.61 Å². The van der Waals surface area contributed by atoms with E-state index in [-0.39, 0.29) is 5.57 Å². The molecular formula is C16H24N2O2. The first kappa shape index (κ1) is 16.3. The minimum Gasteiger partial charge on any atom is -0.461 e. The fourth-order valence-corrected chi connectivity index (χ4v) is 2.17. The molecule has 0 aromatic heterocycles. The summed E-state index contributed by atoms with van der Waals surface area (Å²) in [6, 6.07) is 1.92. The van der Waals surface area contributed by atoms with Crippen LogP contribution < -0.4 is 0 Å². The predicted octanol–water partition coefficient (Wildman–Crippen LogP) is 3.03. The quantitative estimate of drug-likeness (QED) is 0.425. The molecule has 1 saturated heterocycles. The van der Waals surface area contributed by atoms with Gasteiger partial charge in [-0.3, -0.25) is 0 Å². The van der Waals surface area contributed by atoms with Gasteiger partial charge in [0.1, 0.15) is 11.6 Å². The molecule has 1 rings (SSSR count). The van der Waals surface area contributed by atoms with Crippen LogP contribution >= 0.6 is 0 Å². The molecule has 4 heteroatoms. The number of hydrogen-bond donors (Lipinski definition) is 0. The summed E-state index contributed by atoms with van der Waals surface area (Å²) in [5, 5.41) is 9.05. The molecule has 1 aliphatic heterocycles. The molecule has 20 heavy (non-hydrogen) atoms. The summed E-state index contributed by atoms with van der Waals surface area (Å²) in [4.78, 5) is 14.0. The maximum absolute atomic E-state index is 11.8. The zero-order chi connectivity index (χ0) is 15.0. The third-order valence-corrected chi connectivity index (χ3v) is 3.80. The number of nitrogens with zero attached hydrogens (tertiary/aromatic N) is 2. The van der Waals surface area contributed by atoms with Crippen molar-refractivity contribution in [1.82, 2.24) is 4.90 Å². The first-order chi connectivity index (χ1) is 9.62. The van der Waals surface area contributed by atoms with Gasteiger partial charge in [-0.1, -0.05) is 26.7 Å². The van der Waals surface area contributed by atoms with Crippen LogP contribution in [0.2, 0.25) is 0 Å². The van der Waals surface area contributed by atoms with Crippen molar-refractivity contribution >= 4 is 5.97 Å². The van der Waals surface area contributed by atoms with E-state index in [1.54, 1.807) is 6.08 Å². The van der Waals surface area contributed by atoms with Crippen molar-refractivity contribution < 1.29 is 9.53 Å². The molecule has 0 unspecified atom stereocenters. The van der Waals surface area contributed by atoms with Gasteiger partial charge >= 0.3 is 5.97 Å². The summed E-state index contributed by atoms with van der Waals surface area (Å²) in [5.74, 6) is -0.143. The zero-order valence-corrected chi connectivity index (χ0v) is 12.7. The summed E-state index contributed by atoms with van der Waals surface area (Å²) in [6.45, 7) is 5.56. The Balaban J connectivity index is 2.61. The number of likely N-dealkylation sites (tertiary alicyclic amines) is 1. The monoisotopic (exact) mass is 276 g/mol. The molecule has 0 saturated carbocycles. The summed E-state index contributed by atoms with van der Waals surface area (Å²) < 4.78 is 5.21. The minimum atomic E-state index is -0.517. The highest BCUT2D eigenvalue weighted by atomic mass is 16.5. The van der Waals surface area contributed by atoms with Gasteiger partial charge in [0.15, 0.2) is 0 Å². The number of carbonyl (C=O) groups excluding carboxylic acids is 1. The first-order valence-electron chi connectivity index (χ1n) is 7.31. The van der Waals surface area contributed by atoms with Crippen LogP contribution in [0.3, 0.4) is 0 Å². The number of carbonyl (C=O) groups is 1. The highest BCUT2D eigenvalue weighted by molar-refractivity contribution is 5.93.